The normalized spacial score (nSPS) is 16.2. The highest BCUT2D eigenvalue weighted by Gasteiger charge is 2.35. The van der Waals surface area contributed by atoms with Crippen molar-refractivity contribution in [3.05, 3.63) is 35.4 Å². The Morgan fingerprint density at radius 3 is 2.35 bits per heavy atom. The maximum Gasteiger partial charge on any atom is 0.366 e. The number of aliphatic imine (C=N–C) groups is 1. The molecular weight excluding hydrogens is 286 g/mol. The van der Waals surface area contributed by atoms with Crippen molar-refractivity contribution >= 4 is 20.9 Å². The molecule has 0 saturated heterocycles. The fraction of sp³-hybridized carbons (Fsp3) is 0.167. The molecule has 1 aliphatic heterocycles. The van der Waals surface area contributed by atoms with Crippen molar-refractivity contribution in [3.8, 4) is 11.5 Å². The van der Waals surface area contributed by atoms with Crippen LogP contribution in [0.2, 0.25) is 0 Å². The second-order valence-electron chi connectivity index (χ2n) is 3.80. The molecule has 0 amide bonds. The number of carboxylic acids is 1. The van der Waals surface area contributed by atoms with Gasteiger partial charge in [-0.05, 0) is 24.3 Å². The Morgan fingerprint density at radius 1 is 1.25 bits per heavy atom. The molecule has 0 saturated carbocycles. The summed E-state index contributed by atoms with van der Waals surface area (Å²) in [6.45, 7) is -0.283. The predicted octanol–water partition coefficient (Wildman–Crippen LogP) is 0.827. The second kappa shape index (κ2) is 5.33. The predicted molar refractivity (Wildman–Crippen MR) is 70.6 cm³/mol. The molecule has 0 fully saturated rings. The zero-order chi connectivity index (χ0) is 14.8. The first kappa shape index (κ1) is 14.1. The molecule has 1 aliphatic rings. The van der Waals surface area contributed by atoms with Crippen molar-refractivity contribution in [1.82, 2.24) is 0 Å². The Balaban J connectivity index is 2.04. The van der Waals surface area contributed by atoms with E-state index in [0.717, 1.165) is 6.20 Å². The summed E-state index contributed by atoms with van der Waals surface area (Å²) >= 11 is 0. The SMILES string of the molecule is COc1ccc(OCC2=CN=C(C(=O)O)S2(=O)=O)cc1. The fourth-order valence-corrected chi connectivity index (χ4v) is 2.58. The lowest BCUT2D eigenvalue weighted by molar-refractivity contribution is -0.129. The van der Waals surface area contributed by atoms with Gasteiger partial charge in [0.1, 0.15) is 23.0 Å². The minimum absolute atomic E-state index is 0.189. The van der Waals surface area contributed by atoms with Gasteiger partial charge in [0.15, 0.2) is 0 Å². The Morgan fingerprint density at radius 2 is 1.85 bits per heavy atom. The van der Waals surface area contributed by atoms with Crippen LogP contribution < -0.4 is 9.47 Å². The number of hydrogen-bond acceptors (Lipinski definition) is 6. The van der Waals surface area contributed by atoms with Crippen LogP contribution in [0.25, 0.3) is 0 Å². The summed E-state index contributed by atoms with van der Waals surface area (Å²) in [4.78, 5) is 13.9. The summed E-state index contributed by atoms with van der Waals surface area (Å²) in [5.74, 6) is -0.507. The van der Waals surface area contributed by atoms with Gasteiger partial charge >= 0.3 is 5.97 Å². The second-order valence-corrected chi connectivity index (χ2v) is 5.72. The first-order valence-electron chi connectivity index (χ1n) is 5.47. The first-order valence-corrected chi connectivity index (χ1v) is 6.95. The van der Waals surface area contributed by atoms with Gasteiger partial charge in [-0.1, -0.05) is 0 Å². The van der Waals surface area contributed by atoms with Gasteiger partial charge in [0, 0.05) is 6.20 Å². The third-order valence-electron chi connectivity index (χ3n) is 2.55. The molecule has 20 heavy (non-hydrogen) atoms. The highest BCUT2D eigenvalue weighted by Crippen LogP contribution is 2.21. The molecule has 0 radical (unpaired) electrons. The highest BCUT2D eigenvalue weighted by atomic mass is 32.2. The maximum absolute atomic E-state index is 11.8. The molecule has 1 heterocycles. The largest absolute Gasteiger partial charge is 0.497 e. The van der Waals surface area contributed by atoms with Crippen LogP contribution in [0, 0.1) is 0 Å². The average molecular weight is 297 g/mol. The molecule has 0 unspecified atom stereocenters. The van der Waals surface area contributed by atoms with Crippen LogP contribution in [0.15, 0.2) is 40.4 Å². The van der Waals surface area contributed by atoms with Crippen LogP contribution in [0.3, 0.4) is 0 Å². The van der Waals surface area contributed by atoms with E-state index in [1.807, 2.05) is 0 Å². The number of aliphatic carboxylic acids is 1. The molecule has 0 atom stereocenters. The van der Waals surface area contributed by atoms with Gasteiger partial charge in [0.25, 0.3) is 0 Å². The van der Waals surface area contributed by atoms with Crippen molar-refractivity contribution in [2.75, 3.05) is 13.7 Å². The third-order valence-corrected chi connectivity index (χ3v) is 4.25. The summed E-state index contributed by atoms with van der Waals surface area (Å²) in [5, 5.41) is 7.83. The van der Waals surface area contributed by atoms with E-state index in [9.17, 15) is 13.2 Å². The monoisotopic (exact) mass is 297 g/mol. The summed E-state index contributed by atoms with van der Waals surface area (Å²) in [6.07, 6.45) is 0.988. The molecule has 0 aliphatic carbocycles. The standard InChI is InChI=1S/C12H11NO6S/c1-18-8-2-4-9(5-3-8)19-7-10-6-13-11(12(14)15)20(10,16)17/h2-6H,7H2,1H3,(H,14,15). The maximum atomic E-state index is 11.8. The molecular formula is C12H11NO6S. The number of methoxy groups -OCH3 is 1. The van der Waals surface area contributed by atoms with E-state index in [-0.39, 0.29) is 11.5 Å². The van der Waals surface area contributed by atoms with Gasteiger partial charge in [-0.25, -0.2) is 18.2 Å². The van der Waals surface area contributed by atoms with E-state index in [1.54, 1.807) is 24.3 Å². The van der Waals surface area contributed by atoms with E-state index in [0.29, 0.717) is 11.5 Å². The molecule has 106 valence electrons. The zero-order valence-corrected chi connectivity index (χ0v) is 11.3. The molecule has 0 bridgehead atoms. The van der Waals surface area contributed by atoms with Gasteiger partial charge in [-0.2, -0.15) is 0 Å². The third kappa shape index (κ3) is 2.64. The number of hydrogen-bond donors (Lipinski definition) is 1. The number of sulfone groups is 1. The molecule has 8 heteroatoms. The van der Waals surface area contributed by atoms with Crippen molar-refractivity contribution in [2.24, 2.45) is 4.99 Å². The lowest BCUT2D eigenvalue weighted by Crippen LogP contribution is -2.24. The lowest BCUT2D eigenvalue weighted by atomic mass is 10.3. The van der Waals surface area contributed by atoms with Gasteiger partial charge in [0.2, 0.25) is 14.9 Å². The first-order chi connectivity index (χ1) is 9.45. The number of rotatable bonds is 5. The van der Waals surface area contributed by atoms with E-state index in [4.69, 9.17) is 14.6 Å². The van der Waals surface area contributed by atoms with Crippen LogP contribution in [-0.4, -0.2) is 38.3 Å². The number of ether oxygens (including phenoxy) is 2. The zero-order valence-electron chi connectivity index (χ0n) is 10.4. The van der Waals surface area contributed by atoms with E-state index >= 15 is 0 Å². The van der Waals surface area contributed by atoms with Gasteiger partial charge in [-0.3, -0.25) is 0 Å². The van der Waals surface area contributed by atoms with Crippen LogP contribution in [0.5, 0.6) is 11.5 Å². The average Bonchev–Trinajstić information content (AvgIpc) is 2.72. The minimum atomic E-state index is -4.05. The molecule has 2 rings (SSSR count). The number of benzene rings is 1. The van der Waals surface area contributed by atoms with Crippen molar-refractivity contribution < 1.29 is 27.8 Å². The lowest BCUT2D eigenvalue weighted by Gasteiger charge is -2.07. The Labute approximate surface area is 115 Å². The van der Waals surface area contributed by atoms with Crippen molar-refractivity contribution in [2.45, 2.75) is 0 Å². The number of carbonyl (C=O) groups is 1. The fourth-order valence-electron chi connectivity index (χ4n) is 1.50. The van der Waals surface area contributed by atoms with Crippen molar-refractivity contribution in [3.63, 3.8) is 0 Å². The van der Waals surface area contributed by atoms with Crippen LogP contribution in [-0.2, 0) is 14.6 Å². The van der Waals surface area contributed by atoms with Crippen LogP contribution in [0.4, 0.5) is 0 Å². The van der Waals surface area contributed by atoms with E-state index < -0.39 is 20.9 Å². The van der Waals surface area contributed by atoms with Crippen molar-refractivity contribution in [1.29, 1.82) is 0 Å². The molecule has 1 aromatic carbocycles. The number of carboxylic acid groups (broad SMARTS) is 1. The summed E-state index contributed by atoms with van der Waals surface area (Å²) in [6, 6.07) is 6.54. The molecule has 0 spiro atoms. The highest BCUT2D eigenvalue weighted by molar-refractivity contribution is 8.11. The molecule has 1 N–H and O–H groups in total. The quantitative estimate of drug-likeness (QED) is 0.863. The summed E-state index contributed by atoms with van der Waals surface area (Å²) < 4.78 is 33.8. The molecule has 0 aromatic heterocycles. The van der Waals surface area contributed by atoms with Gasteiger partial charge in [-0.15, -0.1) is 0 Å². The molecule has 7 nitrogen and oxygen atoms in total. The number of nitrogens with zero attached hydrogens (tertiary/aromatic N) is 1. The smallest absolute Gasteiger partial charge is 0.366 e. The van der Waals surface area contributed by atoms with Crippen LogP contribution in [0.1, 0.15) is 0 Å². The van der Waals surface area contributed by atoms with E-state index in [2.05, 4.69) is 4.99 Å². The Bertz CT molecular complexity index is 687. The summed E-state index contributed by atoms with van der Waals surface area (Å²) in [5.41, 5.74) is 0. The Kier molecular flexibility index (Phi) is 3.75. The Hall–Kier alpha value is -2.35. The molecule has 1 aromatic rings. The van der Waals surface area contributed by atoms with Gasteiger partial charge < -0.3 is 14.6 Å². The van der Waals surface area contributed by atoms with E-state index in [1.165, 1.54) is 7.11 Å². The minimum Gasteiger partial charge on any atom is -0.497 e. The van der Waals surface area contributed by atoms with Gasteiger partial charge in [0.05, 0.1) is 7.11 Å². The topological polar surface area (TPSA) is 102 Å². The van der Waals surface area contributed by atoms with Crippen LogP contribution >= 0.6 is 0 Å². The summed E-state index contributed by atoms with van der Waals surface area (Å²) in [7, 11) is -2.52.